The Labute approximate surface area is 70.4 Å². The first kappa shape index (κ1) is 12.7. The van der Waals surface area contributed by atoms with Gasteiger partial charge >= 0.3 is 5.97 Å². The van der Waals surface area contributed by atoms with Gasteiger partial charge in [-0.2, -0.15) is 0 Å². The summed E-state index contributed by atoms with van der Waals surface area (Å²) < 4.78 is 4.14. The minimum atomic E-state index is -0.380. The van der Waals surface area contributed by atoms with E-state index >= 15 is 0 Å². The maximum absolute atomic E-state index is 9.83. The standard InChI is InChI=1S/C3H7NO2.C2H4Cl2/c1-6-3(5)2-4;3-1-2-4/h2,4H2,1H3;1-2H2. The highest BCUT2D eigenvalue weighted by atomic mass is 35.5. The Bertz CT molecular complexity index is 72.0. The second-order valence-electron chi connectivity index (χ2n) is 1.16. The molecule has 3 nitrogen and oxygen atoms in total. The first-order valence-electron chi connectivity index (χ1n) is 2.61. The van der Waals surface area contributed by atoms with Crippen LogP contribution in [0.25, 0.3) is 0 Å². The van der Waals surface area contributed by atoms with Crippen LogP contribution in [-0.4, -0.2) is 31.4 Å². The summed E-state index contributed by atoms with van der Waals surface area (Å²) in [5.41, 5.74) is 4.81. The molecule has 0 rings (SSSR count). The molecule has 0 saturated carbocycles. The van der Waals surface area contributed by atoms with E-state index in [-0.39, 0.29) is 12.5 Å². The molecule has 0 aliphatic rings. The van der Waals surface area contributed by atoms with Gasteiger partial charge in [0, 0.05) is 11.8 Å². The van der Waals surface area contributed by atoms with Crippen LogP contribution in [0.5, 0.6) is 0 Å². The number of nitrogens with two attached hydrogens (primary N) is 1. The summed E-state index contributed by atoms with van der Waals surface area (Å²) in [6.07, 6.45) is 0. The average Bonchev–Trinajstić information content (AvgIpc) is 2.03. The molecule has 5 heteroatoms. The average molecular weight is 188 g/mol. The van der Waals surface area contributed by atoms with Crippen LogP contribution in [0.3, 0.4) is 0 Å². The molecule has 0 radical (unpaired) electrons. The lowest BCUT2D eigenvalue weighted by molar-refractivity contribution is -0.138. The fourth-order valence-electron chi connectivity index (χ4n) is 0.0833. The van der Waals surface area contributed by atoms with E-state index in [0.717, 1.165) is 0 Å². The van der Waals surface area contributed by atoms with Gasteiger partial charge in [0.1, 0.15) is 0 Å². The summed E-state index contributed by atoms with van der Waals surface area (Å²) in [4.78, 5) is 9.83. The molecule has 0 fully saturated rings. The van der Waals surface area contributed by atoms with Gasteiger partial charge in [-0.25, -0.2) is 0 Å². The summed E-state index contributed by atoms with van der Waals surface area (Å²) in [6, 6.07) is 0. The van der Waals surface area contributed by atoms with Gasteiger partial charge < -0.3 is 10.5 Å². The Morgan fingerprint density at radius 1 is 1.50 bits per heavy atom. The molecule has 0 saturated heterocycles. The molecule has 0 atom stereocenters. The largest absolute Gasteiger partial charge is 0.468 e. The third-order valence-electron chi connectivity index (χ3n) is 0.466. The Hall–Kier alpha value is 0.01000. The van der Waals surface area contributed by atoms with E-state index in [9.17, 15) is 4.79 Å². The van der Waals surface area contributed by atoms with Crippen LogP contribution in [-0.2, 0) is 9.53 Å². The Morgan fingerprint density at radius 3 is 1.90 bits per heavy atom. The van der Waals surface area contributed by atoms with E-state index in [2.05, 4.69) is 4.74 Å². The number of hydrogen-bond donors (Lipinski definition) is 1. The van der Waals surface area contributed by atoms with Gasteiger partial charge in [-0.1, -0.05) is 0 Å². The summed E-state index contributed by atoms with van der Waals surface area (Å²) in [6.45, 7) is -0.0312. The van der Waals surface area contributed by atoms with Crippen LogP contribution in [0.1, 0.15) is 0 Å². The smallest absolute Gasteiger partial charge is 0.319 e. The third kappa shape index (κ3) is 15.7. The zero-order valence-electron chi connectivity index (χ0n) is 5.77. The summed E-state index contributed by atoms with van der Waals surface area (Å²) in [5.74, 6) is 0.735. The highest BCUT2D eigenvalue weighted by molar-refractivity contribution is 6.25. The number of esters is 1. The van der Waals surface area contributed by atoms with Crippen molar-refractivity contribution in [3.63, 3.8) is 0 Å². The number of hydrogen-bond acceptors (Lipinski definition) is 3. The highest BCUT2D eigenvalue weighted by Crippen LogP contribution is 1.75. The van der Waals surface area contributed by atoms with Crippen LogP contribution in [0, 0.1) is 0 Å². The number of carbonyl (C=O) groups excluding carboxylic acids is 1. The lowest BCUT2D eigenvalue weighted by atomic mass is 10.7. The first-order chi connectivity index (χ1) is 4.72. The third-order valence-corrected chi connectivity index (χ3v) is 1.04. The summed E-state index contributed by atoms with van der Waals surface area (Å²) in [7, 11) is 1.30. The van der Waals surface area contributed by atoms with E-state index < -0.39 is 0 Å². The van der Waals surface area contributed by atoms with Crippen LogP contribution in [0.15, 0.2) is 0 Å². The molecule has 0 aromatic rings. The molecule has 0 unspecified atom stereocenters. The van der Waals surface area contributed by atoms with Gasteiger partial charge in [0.2, 0.25) is 0 Å². The number of methoxy groups -OCH3 is 1. The lowest BCUT2D eigenvalue weighted by Crippen LogP contribution is -2.14. The molecule has 0 amide bonds. The SMILES string of the molecule is COC(=O)CN.ClCCCl. The van der Waals surface area contributed by atoms with Crippen molar-refractivity contribution in [2.24, 2.45) is 5.73 Å². The second kappa shape index (κ2) is 11.8. The van der Waals surface area contributed by atoms with Crippen molar-refractivity contribution in [2.75, 3.05) is 25.4 Å². The number of carbonyl (C=O) groups is 1. The van der Waals surface area contributed by atoms with Gasteiger partial charge in [-0.15, -0.1) is 23.2 Å². The first-order valence-corrected chi connectivity index (χ1v) is 3.68. The van der Waals surface area contributed by atoms with Crippen molar-refractivity contribution >= 4 is 29.2 Å². The quantitative estimate of drug-likeness (QED) is 0.509. The molecule has 0 aromatic heterocycles. The Kier molecular flexibility index (Phi) is 14.9. The fraction of sp³-hybridized carbons (Fsp3) is 0.800. The summed E-state index contributed by atoms with van der Waals surface area (Å²) >= 11 is 10.1. The Morgan fingerprint density at radius 2 is 1.90 bits per heavy atom. The minimum Gasteiger partial charge on any atom is -0.468 e. The van der Waals surface area contributed by atoms with Crippen molar-refractivity contribution in [1.82, 2.24) is 0 Å². The molecule has 10 heavy (non-hydrogen) atoms. The topological polar surface area (TPSA) is 52.3 Å². The van der Waals surface area contributed by atoms with Crippen molar-refractivity contribution in [3.05, 3.63) is 0 Å². The van der Waals surface area contributed by atoms with Gasteiger partial charge in [0.25, 0.3) is 0 Å². The maximum atomic E-state index is 9.83. The van der Waals surface area contributed by atoms with Crippen LogP contribution < -0.4 is 5.73 Å². The molecule has 0 spiro atoms. The fourth-order valence-corrected chi connectivity index (χ4v) is 0.0833. The molecule has 0 aliphatic heterocycles. The monoisotopic (exact) mass is 187 g/mol. The van der Waals surface area contributed by atoms with E-state index in [0.29, 0.717) is 11.8 Å². The van der Waals surface area contributed by atoms with Crippen molar-refractivity contribution < 1.29 is 9.53 Å². The Balaban J connectivity index is 0. The predicted molar refractivity (Wildman–Crippen MR) is 42.5 cm³/mol. The maximum Gasteiger partial charge on any atom is 0.319 e. The van der Waals surface area contributed by atoms with Gasteiger partial charge in [-0.3, -0.25) is 4.79 Å². The molecule has 2 N–H and O–H groups in total. The van der Waals surface area contributed by atoms with E-state index in [1.807, 2.05) is 0 Å². The molecule has 62 valence electrons. The van der Waals surface area contributed by atoms with E-state index in [1.165, 1.54) is 7.11 Å². The predicted octanol–water partition coefficient (Wildman–Crippen LogP) is 0.582. The second-order valence-corrected chi connectivity index (χ2v) is 1.91. The van der Waals surface area contributed by atoms with Gasteiger partial charge in [0.05, 0.1) is 13.7 Å². The molecule has 0 aromatic carbocycles. The molecule has 0 bridgehead atoms. The van der Waals surface area contributed by atoms with Crippen LogP contribution in [0.2, 0.25) is 0 Å². The van der Waals surface area contributed by atoms with Crippen LogP contribution in [0.4, 0.5) is 0 Å². The summed E-state index contributed by atoms with van der Waals surface area (Å²) in [5, 5.41) is 0. The number of ether oxygens (including phenoxy) is 1. The molecular weight excluding hydrogens is 177 g/mol. The number of rotatable bonds is 2. The molecule has 0 aliphatic carbocycles. The number of alkyl halides is 2. The zero-order valence-corrected chi connectivity index (χ0v) is 7.28. The molecule has 0 heterocycles. The molecular formula is C5H11Cl2NO2. The van der Waals surface area contributed by atoms with Crippen molar-refractivity contribution in [1.29, 1.82) is 0 Å². The minimum absolute atomic E-state index is 0.0312. The lowest BCUT2D eigenvalue weighted by Gasteiger charge is -1.87. The number of halogens is 2. The van der Waals surface area contributed by atoms with Crippen molar-refractivity contribution in [2.45, 2.75) is 0 Å². The van der Waals surface area contributed by atoms with Crippen molar-refractivity contribution in [3.8, 4) is 0 Å². The highest BCUT2D eigenvalue weighted by Gasteiger charge is 1.87. The normalized spacial score (nSPS) is 7.60. The van der Waals surface area contributed by atoms with E-state index in [1.54, 1.807) is 0 Å². The van der Waals surface area contributed by atoms with Gasteiger partial charge in [0.15, 0.2) is 0 Å². The van der Waals surface area contributed by atoms with E-state index in [4.69, 9.17) is 28.9 Å². The zero-order chi connectivity index (χ0) is 8.41. The van der Waals surface area contributed by atoms with Crippen LogP contribution >= 0.6 is 23.2 Å². The van der Waals surface area contributed by atoms with Gasteiger partial charge in [-0.05, 0) is 0 Å².